The van der Waals surface area contributed by atoms with Crippen molar-refractivity contribution in [2.45, 2.75) is 19.3 Å². The summed E-state index contributed by atoms with van der Waals surface area (Å²) in [4.78, 5) is 31.5. The molecule has 12 heteroatoms. The molecule has 0 unspecified atom stereocenters. The number of aryl methyl sites for hydroxylation is 1. The van der Waals surface area contributed by atoms with Gasteiger partial charge in [-0.1, -0.05) is 6.07 Å². The number of halogens is 4. The molecule has 3 heterocycles. The molecule has 2 aromatic carbocycles. The van der Waals surface area contributed by atoms with Crippen molar-refractivity contribution < 1.29 is 22.4 Å². The number of nitrogens with zero attached hydrogens (tertiary/aromatic N) is 5. The molecule has 0 aliphatic carbocycles. The summed E-state index contributed by atoms with van der Waals surface area (Å²) in [6.45, 7) is 1.30. The van der Waals surface area contributed by atoms with Crippen molar-refractivity contribution in [2.75, 3.05) is 23.3 Å². The molecule has 0 bridgehead atoms. The summed E-state index contributed by atoms with van der Waals surface area (Å²) in [5, 5.41) is 6.57. The number of hydrogen-bond acceptors (Lipinski definition) is 5. The average molecular weight is 500 g/mol. The van der Waals surface area contributed by atoms with Gasteiger partial charge in [0.2, 0.25) is 0 Å². The monoisotopic (exact) mass is 500 g/mol. The van der Waals surface area contributed by atoms with Gasteiger partial charge in [-0.05, 0) is 43.2 Å². The number of anilines is 2. The third-order valence-electron chi connectivity index (χ3n) is 6.11. The van der Waals surface area contributed by atoms with Gasteiger partial charge < -0.3 is 14.8 Å². The molecule has 1 fully saturated rings. The minimum Gasteiger partial charge on any atom is -0.368 e. The predicted octanol–water partition coefficient (Wildman–Crippen LogP) is 4.19. The molecular weight excluding hydrogens is 480 g/mol. The number of rotatable bonds is 5. The lowest BCUT2D eigenvalue weighted by Gasteiger charge is -2.22. The number of imidazole rings is 1. The van der Waals surface area contributed by atoms with Crippen LogP contribution in [0.25, 0.3) is 16.7 Å². The van der Waals surface area contributed by atoms with Gasteiger partial charge in [0.05, 0.1) is 16.9 Å². The van der Waals surface area contributed by atoms with Gasteiger partial charge in [0.15, 0.2) is 17.5 Å². The first-order chi connectivity index (χ1) is 17.3. The van der Waals surface area contributed by atoms with E-state index in [2.05, 4.69) is 15.4 Å². The Morgan fingerprint density at radius 2 is 1.69 bits per heavy atom. The normalized spacial score (nSPS) is 13.7. The van der Waals surface area contributed by atoms with Gasteiger partial charge in [-0.2, -0.15) is 9.78 Å². The van der Waals surface area contributed by atoms with Crippen molar-refractivity contribution >= 4 is 28.3 Å². The van der Waals surface area contributed by atoms with Crippen LogP contribution >= 0.6 is 0 Å². The van der Waals surface area contributed by atoms with E-state index in [0.29, 0.717) is 40.2 Å². The number of benzene rings is 2. The fourth-order valence-corrected chi connectivity index (χ4v) is 4.39. The Hall–Kier alpha value is -4.22. The van der Waals surface area contributed by atoms with Gasteiger partial charge in [0.1, 0.15) is 16.9 Å². The molecular formula is C24H20F4N6O2. The first-order valence-electron chi connectivity index (χ1n) is 11.1. The summed E-state index contributed by atoms with van der Waals surface area (Å²) in [5.41, 5.74) is -0.212. The fraction of sp³-hybridized carbons (Fsp3) is 0.250. The van der Waals surface area contributed by atoms with E-state index in [4.69, 9.17) is 0 Å². The van der Waals surface area contributed by atoms with Crippen LogP contribution in [-0.2, 0) is 7.05 Å². The predicted molar refractivity (Wildman–Crippen MR) is 125 cm³/mol. The molecule has 1 aliphatic heterocycles. The van der Waals surface area contributed by atoms with Crippen LogP contribution in [0.15, 0.2) is 47.3 Å². The molecule has 0 saturated carbocycles. The number of alkyl halides is 2. The number of para-hydroxylation sites is 1. The zero-order chi connectivity index (χ0) is 25.6. The standard InChI is InChI=1S/C24H20F4N6O2/c1-32-17-9-7-15(21(33-11-2-3-12-33)19(17)30-23(32)22(27)28)29-24(36)16-8-10-18(35)34(31-16)20-13(25)5-4-6-14(20)26/h4-10,22H,2-3,11-12H2,1H3,(H,29,36). The van der Waals surface area contributed by atoms with Crippen molar-refractivity contribution in [3.8, 4) is 5.69 Å². The van der Waals surface area contributed by atoms with Crippen LogP contribution in [0.1, 0.15) is 35.6 Å². The van der Waals surface area contributed by atoms with E-state index in [0.717, 1.165) is 43.2 Å². The summed E-state index contributed by atoms with van der Waals surface area (Å²) in [7, 11) is 1.50. The SMILES string of the molecule is Cn1c(C(F)F)nc2c(N3CCCC3)c(NC(=O)c3ccc(=O)n(-c4c(F)cccc4F)n3)ccc21. The number of carbonyl (C=O) groups is 1. The van der Waals surface area contributed by atoms with E-state index in [9.17, 15) is 27.2 Å². The average Bonchev–Trinajstić information content (AvgIpc) is 3.48. The van der Waals surface area contributed by atoms with E-state index in [-0.39, 0.29) is 5.69 Å². The number of fused-ring (bicyclic) bond motifs is 1. The number of amides is 1. The Kier molecular flexibility index (Phi) is 5.94. The van der Waals surface area contributed by atoms with E-state index in [1.807, 2.05) is 4.90 Å². The van der Waals surface area contributed by atoms with Gasteiger partial charge in [-0.15, -0.1) is 0 Å². The van der Waals surface area contributed by atoms with Crippen LogP contribution in [0, 0.1) is 11.6 Å². The number of hydrogen-bond donors (Lipinski definition) is 1. The summed E-state index contributed by atoms with van der Waals surface area (Å²) in [5.74, 6) is -3.19. The first kappa shape index (κ1) is 23.5. The summed E-state index contributed by atoms with van der Waals surface area (Å²) in [6.07, 6.45) is -1.01. The molecule has 36 heavy (non-hydrogen) atoms. The van der Waals surface area contributed by atoms with Crippen molar-refractivity contribution in [1.29, 1.82) is 0 Å². The zero-order valence-corrected chi connectivity index (χ0v) is 19.0. The highest BCUT2D eigenvalue weighted by Crippen LogP contribution is 2.38. The van der Waals surface area contributed by atoms with Gasteiger partial charge >= 0.3 is 0 Å². The van der Waals surface area contributed by atoms with Gasteiger partial charge in [0, 0.05) is 26.2 Å². The maximum atomic E-state index is 14.3. The molecule has 4 aromatic rings. The third kappa shape index (κ3) is 3.97. The summed E-state index contributed by atoms with van der Waals surface area (Å²) >= 11 is 0. The maximum absolute atomic E-state index is 14.3. The Bertz CT molecular complexity index is 1520. The Morgan fingerprint density at radius 1 is 1.00 bits per heavy atom. The highest BCUT2D eigenvalue weighted by atomic mass is 19.3. The topological polar surface area (TPSA) is 85.0 Å². The second-order valence-corrected chi connectivity index (χ2v) is 8.35. The van der Waals surface area contributed by atoms with Gasteiger partial charge in [0.25, 0.3) is 17.9 Å². The molecule has 1 N–H and O–H groups in total. The van der Waals surface area contributed by atoms with Crippen LogP contribution in [0.4, 0.5) is 28.9 Å². The molecule has 1 saturated heterocycles. The molecule has 8 nitrogen and oxygen atoms in total. The van der Waals surface area contributed by atoms with Crippen LogP contribution in [-0.4, -0.2) is 38.3 Å². The lowest BCUT2D eigenvalue weighted by molar-refractivity contribution is 0.102. The minimum absolute atomic E-state index is 0.279. The van der Waals surface area contributed by atoms with Crippen molar-refractivity contribution in [3.05, 3.63) is 76.0 Å². The molecule has 5 rings (SSSR count). The second kappa shape index (κ2) is 9.10. The molecule has 2 aromatic heterocycles. The summed E-state index contributed by atoms with van der Waals surface area (Å²) < 4.78 is 57.3. The minimum atomic E-state index is -2.78. The van der Waals surface area contributed by atoms with E-state index >= 15 is 0 Å². The Labute approximate surface area is 201 Å². The molecule has 0 spiro atoms. The largest absolute Gasteiger partial charge is 0.368 e. The van der Waals surface area contributed by atoms with Crippen LogP contribution in [0.5, 0.6) is 0 Å². The van der Waals surface area contributed by atoms with Crippen LogP contribution in [0.2, 0.25) is 0 Å². The Morgan fingerprint density at radius 3 is 2.36 bits per heavy atom. The van der Waals surface area contributed by atoms with E-state index < -0.39 is 41.0 Å². The lowest BCUT2D eigenvalue weighted by Crippen LogP contribution is -2.27. The smallest absolute Gasteiger partial charge is 0.295 e. The number of nitrogens with one attached hydrogen (secondary N) is 1. The quantitative estimate of drug-likeness (QED) is 0.416. The second-order valence-electron chi connectivity index (χ2n) is 8.35. The molecule has 1 aliphatic rings. The maximum Gasteiger partial charge on any atom is 0.295 e. The Balaban J connectivity index is 1.57. The van der Waals surface area contributed by atoms with E-state index in [1.165, 1.54) is 11.6 Å². The summed E-state index contributed by atoms with van der Waals surface area (Å²) in [6, 6.07) is 8.35. The first-order valence-corrected chi connectivity index (χ1v) is 11.1. The molecule has 186 valence electrons. The zero-order valence-electron chi connectivity index (χ0n) is 19.0. The fourth-order valence-electron chi connectivity index (χ4n) is 4.39. The highest BCUT2D eigenvalue weighted by Gasteiger charge is 2.26. The number of aromatic nitrogens is 4. The third-order valence-corrected chi connectivity index (χ3v) is 6.11. The van der Waals surface area contributed by atoms with Crippen LogP contribution in [0.3, 0.4) is 0 Å². The lowest BCUT2D eigenvalue weighted by atomic mass is 10.2. The van der Waals surface area contributed by atoms with Gasteiger partial charge in [-0.25, -0.2) is 22.5 Å². The van der Waals surface area contributed by atoms with Crippen LogP contribution < -0.4 is 15.8 Å². The molecule has 1 amide bonds. The molecule has 0 atom stereocenters. The van der Waals surface area contributed by atoms with Crippen molar-refractivity contribution in [1.82, 2.24) is 19.3 Å². The van der Waals surface area contributed by atoms with E-state index in [1.54, 1.807) is 12.1 Å². The van der Waals surface area contributed by atoms with Gasteiger partial charge in [-0.3, -0.25) is 9.59 Å². The number of carbonyl (C=O) groups excluding carboxylic acids is 1. The van der Waals surface area contributed by atoms with Crippen molar-refractivity contribution in [3.63, 3.8) is 0 Å². The highest BCUT2D eigenvalue weighted by molar-refractivity contribution is 6.08. The molecule has 0 radical (unpaired) electrons. The van der Waals surface area contributed by atoms with Crippen molar-refractivity contribution in [2.24, 2.45) is 7.05 Å².